The predicted molar refractivity (Wildman–Crippen MR) is 115 cm³/mol. The summed E-state index contributed by atoms with van der Waals surface area (Å²) in [4.78, 5) is 26.8. The molecule has 7 heteroatoms. The minimum Gasteiger partial charge on any atom is -0.482 e. The van der Waals surface area contributed by atoms with Gasteiger partial charge in [-0.25, -0.2) is 0 Å². The number of rotatable bonds is 8. The molecule has 0 bridgehead atoms. The van der Waals surface area contributed by atoms with Crippen LogP contribution in [-0.4, -0.2) is 35.9 Å². The summed E-state index contributed by atoms with van der Waals surface area (Å²) in [7, 11) is 0. The SMILES string of the molecule is CCNC(=O)[C@H](C)N(Cc1ccccc1C)C(=O)COc1ccc(Br)cc1Cl. The van der Waals surface area contributed by atoms with Crippen LogP contribution in [0.2, 0.25) is 5.02 Å². The molecule has 28 heavy (non-hydrogen) atoms. The normalized spacial score (nSPS) is 11.6. The summed E-state index contributed by atoms with van der Waals surface area (Å²) in [6.07, 6.45) is 0. The molecule has 2 amide bonds. The predicted octanol–water partition coefficient (Wildman–Crippen LogP) is 4.34. The van der Waals surface area contributed by atoms with E-state index in [0.717, 1.165) is 15.6 Å². The van der Waals surface area contributed by atoms with E-state index in [9.17, 15) is 9.59 Å². The van der Waals surface area contributed by atoms with Crippen molar-refractivity contribution < 1.29 is 14.3 Å². The van der Waals surface area contributed by atoms with Crippen LogP contribution >= 0.6 is 27.5 Å². The largest absolute Gasteiger partial charge is 0.482 e. The average molecular weight is 468 g/mol. The van der Waals surface area contributed by atoms with Crippen molar-refractivity contribution in [3.63, 3.8) is 0 Å². The molecule has 0 aliphatic rings. The van der Waals surface area contributed by atoms with Crippen molar-refractivity contribution in [3.8, 4) is 5.75 Å². The molecule has 2 aromatic carbocycles. The first-order valence-electron chi connectivity index (χ1n) is 9.03. The molecule has 0 aliphatic carbocycles. The van der Waals surface area contributed by atoms with Crippen LogP contribution in [0.25, 0.3) is 0 Å². The standard InChI is InChI=1S/C21H24BrClN2O3/c1-4-24-21(27)15(3)25(12-16-8-6-5-7-14(16)2)20(26)13-28-19-10-9-17(22)11-18(19)23/h5-11,15H,4,12-13H2,1-3H3,(H,24,27)/t15-/m0/s1. The van der Waals surface area contributed by atoms with Gasteiger partial charge in [-0.3, -0.25) is 9.59 Å². The molecule has 0 spiro atoms. The van der Waals surface area contributed by atoms with Gasteiger partial charge in [0.15, 0.2) is 6.61 Å². The van der Waals surface area contributed by atoms with E-state index in [1.165, 1.54) is 4.90 Å². The van der Waals surface area contributed by atoms with E-state index in [1.54, 1.807) is 25.1 Å². The molecular formula is C21H24BrClN2O3. The molecule has 150 valence electrons. The zero-order valence-corrected chi connectivity index (χ0v) is 18.5. The second kappa shape index (κ2) is 10.5. The third-order valence-corrected chi connectivity index (χ3v) is 5.15. The van der Waals surface area contributed by atoms with Crippen LogP contribution in [0.5, 0.6) is 5.75 Å². The first-order chi connectivity index (χ1) is 13.3. The molecule has 0 saturated heterocycles. The first-order valence-corrected chi connectivity index (χ1v) is 10.2. The van der Waals surface area contributed by atoms with Crippen LogP contribution in [0.3, 0.4) is 0 Å². The van der Waals surface area contributed by atoms with Crippen molar-refractivity contribution in [2.45, 2.75) is 33.4 Å². The lowest BCUT2D eigenvalue weighted by molar-refractivity contribution is -0.142. The third-order valence-electron chi connectivity index (χ3n) is 4.37. The number of likely N-dealkylation sites (N-methyl/N-ethyl adjacent to an activating group) is 1. The Morgan fingerprint density at radius 3 is 2.61 bits per heavy atom. The summed E-state index contributed by atoms with van der Waals surface area (Å²) >= 11 is 9.49. The smallest absolute Gasteiger partial charge is 0.261 e. The van der Waals surface area contributed by atoms with E-state index in [-0.39, 0.29) is 18.4 Å². The van der Waals surface area contributed by atoms with Crippen LogP contribution in [0.15, 0.2) is 46.9 Å². The van der Waals surface area contributed by atoms with Gasteiger partial charge in [-0.05, 0) is 50.1 Å². The maximum absolute atomic E-state index is 12.9. The number of ether oxygens (including phenoxy) is 1. The molecule has 0 aromatic heterocycles. The van der Waals surface area contributed by atoms with Crippen molar-refractivity contribution in [2.75, 3.05) is 13.2 Å². The van der Waals surface area contributed by atoms with Crippen molar-refractivity contribution in [1.82, 2.24) is 10.2 Å². The van der Waals surface area contributed by atoms with Gasteiger partial charge in [0.05, 0.1) is 5.02 Å². The van der Waals surface area contributed by atoms with Crippen molar-refractivity contribution >= 4 is 39.3 Å². The lowest BCUT2D eigenvalue weighted by Gasteiger charge is -2.29. The summed E-state index contributed by atoms with van der Waals surface area (Å²) in [5.41, 5.74) is 2.04. The second-order valence-electron chi connectivity index (χ2n) is 6.38. The number of hydrogen-bond acceptors (Lipinski definition) is 3. The number of hydrogen-bond donors (Lipinski definition) is 1. The molecule has 0 heterocycles. The molecule has 0 aliphatic heterocycles. The van der Waals surface area contributed by atoms with Gasteiger partial charge in [-0.15, -0.1) is 0 Å². The molecule has 2 aromatic rings. The maximum atomic E-state index is 12.9. The highest BCUT2D eigenvalue weighted by Gasteiger charge is 2.26. The Bertz CT molecular complexity index is 844. The Kier molecular flexibility index (Phi) is 8.33. The van der Waals surface area contributed by atoms with E-state index < -0.39 is 6.04 Å². The van der Waals surface area contributed by atoms with Gasteiger partial charge in [0.2, 0.25) is 5.91 Å². The van der Waals surface area contributed by atoms with E-state index in [1.807, 2.05) is 38.1 Å². The Hall–Kier alpha value is -2.05. The number of carbonyl (C=O) groups is 2. The zero-order valence-electron chi connectivity index (χ0n) is 16.2. The van der Waals surface area contributed by atoms with Gasteiger partial charge in [0, 0.05) is 17.6 Å². The van der Waals surface area contributed by atoms with Gasteiger partial charge in [-0.2, -0.15) is 0 Å². The molecular weight excluding hydrogens is 444 g/mol. The number of aryl methyl sites for hydroxylation is 1. The highest BCUT2D eigenvalue weighted by molar-refractivity contribution is 9.10. The number of nitrogens with zero attached hydrogens (tertiary/aromatic N) is 1. The van der Waals surface area contributed by atoms with Crippen LogP contribution in [0.4, 0.5) is 0 Å². The number of nitrogens with one attached hydrogen (secondary N) is 1. The molecule has 0 saturated carbocycles. The van der Waals surface area contributed by atoms with Crippen molar-refractivity contribution in [2.24, 2.45) is 0 Å². The molecule has 1 N–H and O–H groups in total. The fourth-order valence-corrected chi connectivity index (χ4v) is 3.42. The Balaban J connectivity index is 2.18. The lowest BCUT2D eigenvalue weighted by atomic mass is 10.1. The molecule has 1 atom stereocenters. The molecule has 0 radical (unpaired) electrons. The van der Waals surface area contributed by atoms with Crippen LogP contribution in [0.1, 0.15) is 25.0 Å². The maximum Gasteiger partial charge on any atom is 0.261 e. The van der Waals surface area contributed by atoms with E-state index in [4.69, 9.17) is 16.3 Å². The van der Waals surface area contributed by atoms with Crippen LogP contribution in [0, 0.1) is 6.92 Å². The fourth-order valence-electron chi connectivity index (χ4n) is 2.69. The third kappa shape index (κ3) is 5.97. The minimum absolute atomic E-state index is 0.203. The van der Waals surface area contributed by atoms with E-state index in [2.05, 4.69) is 21.2 Å². The monoisotopic (exact) mass is 466 g/mol. The van der Waals surface area contributed by atoms with Gasteiger partial charge >= 0.3 is 0 Å². The summed E-state index contributed by atoms with van der Waals surface area (Å²) in [6, 6.07) is 12.3. The Morgan fingerprint density at radius 1 is 1.25 bits per heavy atom. The lowest BCUT2D eigenvalue weighted by Crippen LogP contribution is -2.49. The van der Waals surface area contributed by atoms with E-state index >= 15 is 0 Å². The number of carbonyl (C=O) groups excluding carboxylic acids is 2. The highest BCUT2D eigenvalue weighted by Crippen LogP contribution is 2.27. The molecule has 0 unspecified atom stereocenters. The minimum atomic E-state index is -0.629. The summed E-state index contributed by atoms with van der Waals surface area (Å²) in [6.45, 7) is 6.15. The molecule has 2 rings (SSSR count). The summed E-state index contributed by atoms with van der Waals surface area (Å²) < 4.78 is 6.44. The number of halogens is 2. The number of amides is 2. The van der Waals surface area contributed by atoms with Crippen LogP contribution < -0.4 is 10.1 Å². The van der Waals surface area contributed by atoms with Crippen molar-refractivity contribution in [3.05, 3.63) is 63.1 Å². The quantitative estimate of drug-likeness (QED) is 0.628. The second-order valence-corrected chi connectivity index (χ2v) is 7.70. The van der Waals surface area contributed by atoms with E-state index in [0.29, 0.717) is 23.9 Å². The van der Waals surface area contributed by atoms with Gasteiger partial charge < -0.3 is 15.0 Å². The average Bonchev–Trinajstić information content (AvgIpc) is 2.66. The Labute approximate surface area is 179 Å². The summed E-state index contributed by atoms with van der Waals surface area (Å²) in [5, 5.41) is 3.18. The van der Waals surface area contributed by atoms with Crippen molar-refractivity contribution in [1.29, 1.82) is 0 Å². The Morgan fingerprint density at radius 2 is 1.96 bits per heavy atom. The van der Waals surface area contributed by atoms with Gasteiger partial charge in [0.25, 0.3) is 5.91 Å². The van der Waals surface area contributed by atoms with Crippen LogP contribution in [-0.2, 0) is 16.1 Å². The topological polar surface area (TPSA) is 58.6 Å². The molecule has 0 fully saturated rings. The van der Waals surface area contributed by atoms with Gasteiger partial charge in [-0.1, -0.05) is 51.8 Å². The number of benzene rings is 2. The fraction of sp³-hybridized carbons (Fsp3) is 0.333. The highest BCUT2D eigenvalue weighted by atomic mass is 79.9. The summed E-state index contributed by atoms with van der Waals surface area (Å²) in [5.74, 6) is -0.0770. The molecule has 5 nitrogen and oxygen atoms in total. The van der Waals surface area contributed by atoms with Gasteiger partial charge in [0.1, 0.15) is 11.8 Å². The zero-order chi connectivity index (χ0) is 20.7. The first kappa shape index (κ1) is 22.2.